The summed E-state index contributed by atoms with van der Waals surface area (Å²) in [6.07, 6.45) is -0.627. The Morgan fingerprint density at radius 1 is 1.38 bits per heavy atom. The van der Waals surface area contributed by atoms with Gasteiger partial charge in [0.2, 0.25) is 0 Å². The quantitative estimate of drug-likeness (QED) is 0.753. The number of amides is 1. The third-order valence-electron chi connectivity index (χ3n) is 4.38. The molecule has 2 saturated heterocycles. The lowest BCUT2D eigenvalue weighted by atomic mass is 9.94. The number of aliphatic hydroxyl groups is 1. The van der Waals surface area contributed by atoms with E-state index in [4.69, 9.17) is 18.9 Å². The van der Waals surface area contributed by atoms with Gasteiger partial charge >= 0.3 is 12.1 Å². The molecule has 8 heteroatoms. The van der Waals surface area contributed by atoms with Crippen molar-refractivity contribution >= 4 is 12.1 Å². The zero-order chi connectivity index (χ0) is 18.1. The summed E-state index contributed by atoms with van der Waals surface area (Å²) < 4.78 is 21.7. The third kappa shape index (κ3) is 3.65. The van der Waals surface area contributed by atoms with Crippen molar-refractivity contribution in [1.82, 2.24) is 4.90 Å². The van der Waals surface area contributed by atoms with Gasteiger partial charge in [0.1, 0.15) is 11.7 Å². The number of methoxy groups -OCH3 is 1. The molecular weight excluding hydrogens is 318 g/mol. The molecule has 0 aromatic heterocycles. The van der Waals surface area contributed by atoms with Crippen LogP contribution in [0.4, 0.5) is 4.79 Å². The maximum absolute atomic E-state index is 12.3. The van der Waals surface area contributed by atoms with Gasteiger partial charge < -0.3 is 29.0 Å². The molecule has 2 rings (SSSR count). The van der Waals surface area contributed by atoms with E-state index in [1.165, 1.54) is 12.0 Å². The van der Waals surface area contributed by atoms with Crippen molar-refractivity contribution in [3.8, 4) is 0 Å². The summed E-state index contributed by atoms with van der Waals surface area (Å²) in [5.41, 5.74) is -2.05. The van der Waals surface area contributed by atoms with Gasteiger partial charge in [0.15, 0.2) is 5.60 Å². The first-order valence-corrected chi connectivity index (χ1v) is 8.08. The van der Waals surface area contributed by atoms with E-state index < -0.39 is 36.0 Å². The molecule has 0 aliphatic carbocycles. The molecule has 2 fully saturated rings. The van der Waals surface area contributed by atoms with E-state index in [0.29, 0.717) is 13.0 Å². The summed E-state index contributed by atoms with van der Waals surface area (Å²) in [7, 11) is 2.89. The minimum absolute atomic E-state index is 0.194. The second-order valence-corrected chi connectivity index (χ2v) is 7.29. The van der Waals surface area contributed by atoms with Crippen LogP contribution >= 0.6 is 0 Å². The Balaban J connectivity index is 2.16. The Morgan fingerprint density at radius 2 is 2.04 bits per heavy atom. The summed E-state index contributed by atoms with van der Waals surface area (Å²) in [4.78, 5) is 25.9. The fourth-order valence-electron chi connectivity index (χ4n) is 3.18. The second-order valence-electron chi connectivity index (χ2n) is 7.29. The highest BCUT2D eigenvalue weighted by Crippen LogP contribution is 2.39. The van der Waals surface area contributed by atoms with Crippen LogP contribution in [0.3, 0.4) is 0 Å². The molecule has 1 amide bonds. The van der Waals surface area contributed by atoms with Crippen molar-refractivity contribution in [2.24, 2.45) is 0 Å². The van der Waals surface area contributed by atoms with Crippen molar-refractivity contribution in [1.29, 1.82) is 0 Å². The number of ether oxygens (including phenoxy) is 4. The topological polar surface area (TPSA) is 94.5 Å². The van der Waals surface area contributed by atoms with Crippen molar-refractivity contribution in [3.05, 3.63) is 0 Å². The van der Waals surface area contributed by atoms with Crippen LogP contribution in [0.5, 0.6) is 0 Å². The average Bonchev–Trinajstić information content (AvgIpc) is 2.91. The zero-order valence-electron chi connectivity index (χ0n) is 14.9. The predicted octanol–water partition coefficient (Wildman–Crippen LogP) is 0.704. The lowest BCUT2D eigenvalue weighted by molar-refractivity contribution is -0.179. The van der Waals surface area contributed by atoms with Crippen LogP contribution in [0.15, 0.2) is 0 Å². The Bertz CT molecular complexity index is 489. The van der Waals surface area contributed by atoms with Gasteiger partial charge in [0.25, 0.3) is 0 Å². The molecule has 0 radical (unpaired) electrons. The largest absolute Gasteiger partial charge is 0.467 e. The number of hydrogen-bond acceptors (Lipinski definition) is 7. The van der Waals surface area contributed by atoms with E-state index in [1.54, 1.807) is 27.8 Å². The van der Waals surface area contributed by atoms with Gasteiger partial charge in [-0.25, -0.2) is 9.59 Å². The molecule has 0 aromatic carbocycles. The molecule has 0 unspecified atom stereocenters. The van der Waals surface area contributed by atoms with Crippen LogP contribution in [0.2, 0.25) is 0 Å². The first kappa shape index (κ1) is 19.0. The summed E-state index contributed by atoms with van der Waals surface area (Å²) >= 11 is 0. The zero-order valence-corrected chi connectivity index (χ0v) is 14.9. The number of fused-ring (bicyclic) bond motifs is 1. The van der Waals surface area contributed by atoms with Crippen molar-refractivity contribution < 1.29 is 33.6 Å². The summed E-state index contributed by atoms with van der Waals surface area (Å²) in [5, 5.41) is 9.67. The van der Waals surface area contributed by atoms with Crippen molar-refractivity contribution in [2.45, 2.75) is 63.1 Å². The fourth-order valence-corrected chi connectivity index (χ4v) is 3.18. The van der Waals surface area contributed by atoms with Gasteiger partial charge in [0, 0.05) is 20.1 Å². The molecule has 2 aliphatic heterocycles. The highest BCUT2D eigenvalue weighted by molar-refractivity contribution is 5.80. The number of rotatable bonds is 3. The lowest BCUT2D eigenvalue weighted by Crippen LogP contribution is -2.53. The van der Waals surface area contributed by atoms with Gasteiger partial charge in [0.05, 0.1) is 25.9 Å². The van der Waals surface area contributed by atoms with E-state index in [1.807, 2.05) is 0 Å². The van der Waals surface area contributed by atoms with Crippen LogP contribution in [0.25, 0.3) is 0 Å². The van der Waals surface area contributed by atoms with Gasteiger partial charge in [-0.3, -0.25) is 0 Å². The maximum atomic E-state index is 12.3. The molecular formula is C16H27NO7. The number of hydrogen-bond donors (Lipinski definition) is 1. The highest BCUT2D eigenvalue weighted by atomic mass is 16.6. The molecule has 138 valence electrons. The van der Waals surface area contributed by atoms with Gasteiger partial charge in [-0.05, 0) is 27.2 Å². The molecule has 2 heterocycles. The minimum Gasteiger partial charge on any atom is -0.467 e. The van der Waals surface area contributed by atoms with Crippen molar-refractivity contribution in [3.63, 3.8) is 0 Å². The van der Waals surface area contributed by atoms with E-state index in [-0.39, 0.29) is 18.6 Å². The Labute approximate surface area is 142 Å². The number of carbonyl (C=O) groups is 2. The van der Waals surface area contributed by atoms with Crippen molar-refractivity contribution in [2.75, 3.05) is 27.4 Å². The molecule has 4 atom stereocenters. The van der Waals surface area contributed by atoms with Crippen LogP contribution in [-0.2, 0) is 23.7 Å². The summed E-state index contributed by atoms with van der Waals surface area (Å²) in [6, 6.07) is -0.309. The summed E-state index contributed by atoms with van der Waals surface area (Å²) in [6.45, 7) is 5.33. The van der Waals surface area contributed by atoms with Crippen LogP contribution in [-0.4, -0.2) is 78.9 Å². The Kier molecular flexibility index (Phi) is 5.41. The standard InChI is InChI=1S/C16H27NO7/c1-15(2,3)24-14(20)17(4)10-6-7-22-11-8-16(9-18,13(19)21-5)23-12(10)11/h10-12,18H,6-9H2,1-5H3/t10-,11-,12-,16+/m1/s1. The molecule has 0 saturated carbocycles. The molecule has 2 aliphatic rings. The number of esters is 1. The smallest absolute Gasteiger partial charge is 0.410 e. The molecule has 8 nitrogen and oxygen atoms in total. The molecule has 0 aromatic rings. The molecule has 24 heavy (non-hydrogen) atoms. The average molecular weight is 345 g/mol. The second kappa shape index (κ2) is 6.85. The molecule has 0 spiro atoms. The first-order chi connectivity index (χ1) is 11.1. The van der Waals surface area contributed by atoms with Crippen LogP contribution < -0.4 is 0 Å². The SMILES string of the molecule is COC(=O)[C@@]1(CO)C[C@H]2OCC[C@@H](N(C)C(=O)OC(C)(C)C)[C@H]2O1. The van der Waals surface area contributed by atoms with Crippen LogP contribution in [0, 0.1) is 0 Å². The molecule has 1 N–H and O–H groups in total. The van der Waals surface area contributed by atoms with E-state index in [9.17, 15) is 14.7 Å². The van der Waals surface area contributed by atoms with Gasteiger partial charge in [-0.1, -0.05) is 0 Å². The number of nitrogens with zero attached hydrogens (tertiary/aromatic N) is 1. The predicted molar refractivity (Wildman–Crippen MR) is 83.5 cm³/mol. The number of aliphatic hydroxyl groups excluding tert-OH is 1. The first-order valence-electron chi connectivity index (χ1n) is 8.08. The summed E-state index contributed by atoms with van der Waals surface area (Å²) in [5.74, 6) is -0.637. The highest BCUT2D eigenvalue weighted by Gasteiger charge is 2.57. The van der Waals surface area contributed by atoms with E-state index in [2.05, 4.69) is 0 Å². The van der Waals surface area contributed by atoms with E-state index in [0.717, 1.165) is 0 Å². The van der Waals surface area contributed by atoms with Gasteiger partial charge in [-0.2, -0.15) is 0 Å². The Morgan fingerprint density at radius 3 is 2.58 bits per heavy atom. The normalized spacial score (nSPS) is 32.8. The monoisotopic (exact) mass is 345 g/mol. The third-order valence-corrected chi connectivity index (χ3v) is 4.38. The Hall–Kier alpha value is -1.38. The van der Waals surface area contributed by atoms with Gasteiger partial charge in [-0.15, -0.1) is 0 Å². The minimum atomic E-state index is -1.44. The molecule has 0 bridgehead atoms. The van der Waals surface area contributed by atoms with E-state index >= 15 is 0 Å². The van der Waals surface area contributed by atoms with Crippen LogP contribution in [0.1, 0.15) is 33.6 Å². The number of carbonyl (C=O) groups excluding carboxylic acids is 2. The lowest BCUT2D eigenvalue weighted by Gasteiger charge is -2.39. The number of likely N-dealkylation sites (N-methyl/N-ethyl adjacent to an activating group) is 1. The maximum Gasteiger partial charge on any atom is 0.410 e. The fraction of sp³-hybridized carbons (Fsp3) is 0.875.